The lowest BCUT2D eigenvalue weighted by Crippen LogP contribution is -1.95. The van der Waals surface area contributed by atoms with Gasteiger partial charge in [0, 0.05) is 3.57 Å². The third kappa shape index (κ3) is 2.97. The van der Waals surface area contributed by atoms with Gasteiger partial charge in [-0.3, -0.25) is 0 Å². The Balaban J connectivity index is 2.31. The molecule has 2 aromatic carbocycles. The topological polar surface area (TPSA) is 29.5 Å². The maximum Gasteiger partial charge on any atom is 0.198 e. The molecule has 0 atom stereocenters. The van der Waals surface area contributed by atoms with Gasteiger partial charge in [-0.05, 0) is 64.6 Å². The SMILES string of the molecule is OCc1cc(F)c(Oc2ccc(I)cc2)c(F)c1. The van der Waals surface area contributed by atoms with Crippen LogP contribution in [-0.2, 0) is 6.61 Å². The molecule has 94 valence electrons. The van der Waals surface area contributed by atoms with Crippen molar-refractivity contribution in [1.29, 1.82) is 0 Å². The van der Waals surface area contributed by atoms with Crippen LogP contribution in [0.3, 0.4) is 0 Å². The largest absolute Gasteiger partial charge is 0.451 e. The molecule has 0 spiro atoms. The van der Waals surface area contributed by atoms with Crippen molar-refractivity contribution in [3.05, 3.63) is 57.2 Å². The van der Waals surface area contributed by atoms with Crippen LogP contribution in [0, 0.1) is 15.2 Å². The second-order valence-corrected chi connectivity index (χ2v) is 4.85. The van der Waals surface area contributed by atoms with Crippen LogP contribution in [0.4, 0.5) is 8.78 Å². The smallest absolute Gasteiger partial charge is 0.198 e. The highest BCUT2D eigenvalue weighted by Gasteiger charge is 2.13. The van der Waals surface area contributed by atoms with E-state index < -0.39 is 24.0 Å². The van der Waals surface area contributed by atoms with Gasteiger partial charge in [0.05, 0.1) is 6.61 Å². The standard InChI is InChI=1S/C13H9F2IO2/c14-11-5-8(7-17)6-12(15)13(11)18-10-3-1-9(16)2-4-10/h1-6,17H,7H2. The summed E-state index contributed by atoms with van der Waals surface area (Å²) in [7, 11) is 0. The van der Waals surface area contributed by atoms with Crippen molar-refractivity contribution in [3.8, 4) is 11.5 Å². The fraction of sp³-hybridized carbons (Fsp3) is 0.0769. The molecular weight excluding hydrogens is 353 g/mol. The molecule has 0 amide bonds. The minimum absolute atomic E-state index is 0.167. The molecule has 1 N–H and O–H groups in total. The Kier molecular flexibility index (Phi) is 4.13. The van der Waals surface area contributed by atoms with Crippen LogP contribution in [0.25, 0.3) is 0 Å². The summed E-state index contributed by atoms with van der Waals surface area (Å²) in [6.45, 7) is -0.419. The third-order valence-corrected chi connectivity index (χ3v) is 2.99. The molecule has 0 fully saturated rings. The molecule has 0 aliphatic carbocycles. The van der Waals surface area contributed by atoms with Gasteiger partial charge in [-0.2, -0.15) is 0 Å². The molecule has 5 heteroatoms. The van der Waals surface area contributed by atoms with Crippen molar-refractivity contribution in [3.63, 3.8) is 0 Å². The predicted octanol–water partition coefficient (Wildman–Crippen LogP) is 3.85. The summed E-state index contributed by atoms with van der Waals surface area (Å²) in [5, 5.41) is 8.82. The maximum absolute atomic E-state index is 13.6. The molecule has 0 unspecified atom stereocenters. The molecule has 2 aromatic rings. The van der Waals surface area contributed by atoms with Gasteiger partial charge in [-0.1, -0.05) is 0 Å². The fourth-order valence-electron chi connectivity index (χ4n) is 1.42. The summed E-state index contributed by atoms with van der Waals surface area (Å²) >= 11 is 2.12. The van der Waals surface area contributed by atoms with E-state index >= 15 is 0 Å². The Hall–Kier alpha value is -1.21. The lowest BCUT2D eigenvalue weighted by atomic mass is 10.2. The van der Waals surface area contributed by atoms with Crippen LogP contribution < -0.4 is 4.74 Å². The van der Waals surface area contributed by atoms with Gasteiger partial charge >= 0.3 is 0 Å². The van der Waals surface area contributed by atoms with E-state index in [1.807, 2.05) is 0 Å². The van der Waals surface area contributed by atoms with Crippen LogP contribution in [-0.4, -0.2) is 5.11 Å². The lowest BCUT2D eigenvalue weighted by Gasteiger charge is -2.09. The van der Waals surface area contributed by atoms with E-state index in [4.69, 9.17) is 9.84 Å². The lowest BCUT2D eigenvalue weighted by molar-refractivity contribution is 0.279. The summed E-state index contributed by atoms with van der Waals surface area (Å²) in [5.41, 5.74) is 0.167. The summed E-state index contributed by atoms with van der Waals surface area (Å²) in [6.07, 6.45) is 0. The highest BCUT2D eigenvalue weighted by molar-refractivity contribution is 14.1. The minimum Gasteiger partial charge on any atom is -0.451 e. The van der Waals surface area contributed by atoms with E-state index in [1.54, 1.807) is 24.3 Å². The zero-order chi connectivity index (χ0) is 13.1. The third-order valence-electron chi connectivity index (χ3n) is 2.27. The normalized spacial score (nSPS) is 10.4. The molecule has 2 nitrogen and oxygen atoms in total. The number of hydrogen-bond acceptors (Lipinski definition) is 2. The summed E-state index contributed by atoms with van der Waals surface area (Å²) < 4.78 is 33.3. The number of benzene rings is 2. The summed E-state index contributed by atoms with van der Waals surface area (Å²) in [5.74, 6) is -1.78. The van der Waals surface area contributed by atoms with Gasteiger partial charge < -0.3 is 9.84 Å². The summed E-state index contributed by atoms with van der Waals surface area (Å²) in [4.78, 5) is 0. The Bertz CT molecular complexity index is 532. The number of aliphatic hydroxyl groups excluding tert-OH is 1. The van der Waals surface area contributed by atoms with Crippen LogP contribution in [0.2, 0.25) is 0 Å². The molecule has 18 heavy (non-hydrogen) atoms. The van der Waals surface area contributed by atoms with Crippen molar-refractivity contribution in [1.82, 2.24) is 0 Å². The fourth-order valence-corrected chi connectivity index (χ4v) is 1.78. The highest BCUT2D eigenvalue weighted by Crippen LogP contribution is 2.28. The van der Waals surface area contributed by atoms with Crippen LogP contribution in [0.1, 0.15) is 5.56 Å². The van der Waals surface area contributed by atoms with Gasteiger partial charge in [0.15, 0.2) is 17.4 Å². The molecule has 0 saturated heterocycles. The average Bonchev–Trinajstić information content (AvgIpc) is 2.35. The first kappa shape index (κ1) is 13.2. The molecule has 0 bridgehead atoms. The number of ether oxygens (including phenoxy) is 1. The molecule has 0 aliphatic rings. The second-order valence-electron chi connectivity index (χ2n) is 3.60. The molecule has 0 radical (unpaired) electrons. The first-order valence-electron chi connectivity index (χ1n) is 5.12. The number of hydrogen-bond donors (Lipinski definition) is 1. The monoisotopic (exact) mass is 362 g/mol. The van der Waals surface area contributed by atoms with Crippen LogP contribution >= 0.6 is 22.6 Å². The summed E-state index contributed by atoms with van der Waals surface area (Å²) in [6, 6.07) is 8.89. The Morgan fingerprint density at radius 2 is 1.61 bits per heavy atom. The van der Waals surface area contributed by atoms with Crippen molar-refractivity contribution in [2.24, 2.45) is 0 Å². The van der Waals surface area contributed by atoms with Crippen LogP contribution in [0.5, 0.6) is 11.5 Å². The quantitative estimate of drug-likeness (QED) is 0.841. The molecule has 2 rings (SSSR count). The first-order chi connectivity index (χ1) is 8.60. The van der Waals surface area contributed by atoms with E-state index in [1.165, 1.54) is 0 Å². The zero-order valence-corrected chi connectivity index (χ0v) is 11.3. The zero-order valence-electron chi connectivity index (χ0n) is 9.16. The number of rotatable bonds is 3. The first-order valence-corrected chi connectivity index (χ1v) is 6.20. The van der Waals surface area contributed by atoms with E-state index in [0.29, 0.717) is 5.75 Å². The number of aliphatic hydroxyl groups is 1. The van der Waals surface area contributed by atoms with E-state index in [2.05, 4.69) is 22.6 Å². The van der Waals surface area contributed by atoms with Crippen molar-refractivity contribution in [2.45, 2.75) is 6.61 Å². The second kappa shape index (κ2) is 5.62. The highest BCUT2D eigenvalue weighted by atomic mass is 127. The average molecular weight is 362 g/mol. The minimum atomic E-state index is -0.836. The molecule has 0 heterocycles. The van der Waals surface area contributed by atoms with Crippen LogP contribution in [0.15, 0.2) is 36.4 Å². The molecular formula is C13H9F2IO2. The molecule has 0 saturated carbocycles. The van der Waals surface area contributed by atoms with Gasteiger partial charge in [-0.15, -0.1) is 0 Å². The Morgan fingerprint density at radius 1 is 1.06 bits per heavy atom. The van der Waals surface area contributed by atoms with Gasteiger partial charge in [0.1, 0.15) is 5.75 Å². The van der Waals surface area contributed by atoms with E-state index in [-0.39, 0.29) is 5.56 Å². The van der Waals surface area contributed by atoms with E-state index in [9.17, 15) is 8.78 Å². The molecule has 0 aliphatic heterocycles. The van der Waals surface area contributed by atoms with Gasteiger partial charge in [0.2, 0.25) is 0 Å². The van der Waals surface area contributed by atoms with Gasteiger partial charge in [-0.25, -0.2) is 8.78 Å². The predicted molar refractivity (Wildman–Crippen MR) is 71.5 cm³/mol. The Morgan fingerprint density at radius 3 is 2.11 bits per heavy atom. The number of halogens is 3. The maximum atomic E-state index is 13.6. The molecule has 0 aromatic heterocycles. The van der Waals surface area contributed by atoms with Gasteiger partial charge in [0.25, 0.3) is 0 Å². The van der Waals surface area contributed by atoms with Crippen molar-refractivity contribution >= 4 is 22.6 Å². The van der Waals surface area contributed by atoms with Crippen molar-refractivity contribution < 1.29 is 18.6 Å². The Labute approximate surface area is 116 Å². The van der Waals surface area contributed by atoms with Crippen molar-refractivity contribution in [2.75, 3.05) is 0 Å². The van der Waals surface area contributed by atoms with E-state index in [0.717, 1.165) is 15.7 Å².